The van der Waals surface area contributed by atoms with Gasteiger partial charge in [-0.1, -0.05) is 12.1 Å². The lowest BCUT2D eigenvalue weighted by Gasteiger charge is -2.13. The third-order valence-corrected chi connectivity index (χ3v) is 4.35. The fourth-order valence-electron chi connectivity index (χ4n) is 2.87. The minimum atomic E-state index is -0.790. The first-order valence-corrected chi connectivity index (χ1v) is 8.77. The predicted molar refractivity (Wildman–Crippen MR) is 102 cm³/mol. The van der Waals surface area contributed by atoms with Crippen LogP contribution in [0.2, 0.25) is 0 Å². The van der Waals surface area contributed by atoms with E-state index < -0.39 is 35.1 Å². The number of amides is 4. The van der Waals surface area contributed by atoms with Crippen molar-refractivity contribution in [3.8, 4) is 5.75 Å². The molecule has 2 aromatic rings. The van der Waals surface area contributed by atoms with E-state index in [1.165, 1.54) is 18.2 Å². The molecule has 11 nitrogen and oxygen atoms in total. The van der Waals surface area contributed by atoms with Crippen molar-refractivity contribution in [3.05, 3.63) is 69.3 Å². The van der Waals surface area contributed by atoms with Gasteiger partial charge in [0.05, 0.1) is 21.6 Å². The number of hydrogen-bond donors (Lipinski definition) is 3. The number of nitro groups is 1. The number of nitrogens with zero attached hydrogens (tertiary/aromatic N) is 2. The van der Waals surface area contributed by atoms with E-state index >= 15 is 0 Å². The van der Waals surface area contributed by atoms with Crippen LogP contribution in [-0.4, -0.2) is 58.2 Å². The first kappa shape index (κ1) is 20.5. The van der Waals surface area contributed by atoms with Crippen molar-refractivity contribution >= 4 is 29.3 Å². The molecule has 0 atom stereocenters. The van der Waals surface area contributed by atoms with Gasteiger partial charge in [0.15, 0.2) is 0 Å². The number of phenolic OH excluding ortho intramolecular Hbond substituents is 1. The summed E-state index contributed by atoms with van der Waals surface area (Å²) in [4.78, 5) is 59.5. The maximum atomic E-state index is 12.3. The number of hydrogen-bond acceptors (Lipinski definition) is 7. The third kappa shape index (κ3) is 4.09. The van der Waals surface area contributed by atoms with Crippen LogP contribution in [0.5, 0.6) is 5.75 Å². The molecule has 3 N–H and O–H groups in total. The molecule has 0 saturated heterocycles. The van der Waals surface area contributed by atoms with Gasteiger partial charge in [-0.3, -0.25) is 34.2 Å². The van der Waals surface area contributed by atoms with E-state index in [-0.39, 0.29) is 41.2 Å². The minimum Gasteiger partial charge on any atom is -0.507 e. The third-order valence-electron chi connectivity index (χ3n) is 4.35. The molecule has 4 amide bonds. The van der Waals surface area contributed by atoms with Crippen molar-refractivity contribution in [2.45, 2.75) is 0 Å². The van der Waals surface area contributed by atoms with Crippen LogP contribution in [0.25, 0.3) is 0 Å². The summed E-state index contributed by atoms with van der Waals surface area (Å²) in [6.45, 7) is -0.492. The number of nitrogens with one attached hydrogen (secondary N) is 2. The number of phenols is 1. The zero-order chi connectivity index (χ0) is 21.8. The molecule has 0 bridgehead atoms. The Morgan fingerprint density at radius 3 is 2.37 bits per heavy atom. The van der Waals surface area contributed by atoms with Crippen molar-refractivity contribution in [1.29, 1.82) is 0 Å². The number of nitro benzene ring substituents is 1. The summed E-state index contributed by atoms with van der Waals surface area (Å²) in [5.74, 6) is -2.85. The number of fused-ring (bicyclic) bond motifs is 1. The Morgan fingerprint density at radius 1 is 1.00 bits per heavy atom. The summed E-state index contributed by atoms with van der Waals surface area (Å²) in [5, 5.41) is 25.4. The summed E-state index contributed by atoms with van der Waals surface area (Å²) in [6.07, 6.45) is 0. The van der Waals surface area contributed by atoms with Gasteiger partial charge in [0.2, 0.25) is 5.91 Å². The van der Waals surface area contributed by atoms with Crippen LogP contribution in [0, 0.1) is 10.1 Å². The van der Waals surface area contributed by atoms with E-state index in [1.54, 1.807) is 12.1 Å². The Bertz CT molecular complexity index is 1070. The molecule has 0 saturated carbocycles. The molecule has 30 heavy (non-hydrogen) atoms. The quantitative estimate of drug-likeness (QED) is 0.257. The number of imide groups is 1. The van der Waals surface area contributed by atoms with Gasteiger partial charge < -0.3 is 15.7 Å². The van der Waals surface area contributed by atoms with Crippen molar-refractivity contribution < 1.29 is 29.2 Å². The normalized spacial score (nSPS) is 12.5. The highest BCUT2D eigenvalue weighted by atomic mass is 16.6. The molecule has 0 spiro atoms. The van der Waals surface area contributed by atoms with E-state index in [0.717, 1.165) is 12.1 Å². The number of carbonyl (C=O) groups is 4. The van der Waals surface area contributed by atoms with Crippen LogP contribution >= 0.6 is 0 Å². The Hall–Kier alpha value is -4.28. The molecule has 0 fully saturated rings. The SMILES string of the molecule is O=C(CN1C(=O)c2ccc([N+](=O)[O-])cc2C1=O)NCCNC(=O)c1ccccc1O. The first-order chi connectivity index (χ1) is 14.3. The second kappa shape index (κ2) is 8.39. The topological polar surface area (TPSA) is 159 Å². The minimum absolute atomic E-state index is 0.00617. The van der Waals surface area contributed by atoms with Gasteiger partial charge in [-0.05, 0) is 18.2 Å². The number of aromatic hydroxyl groups is 1. The van der Waals surface area contributed by atoms with Gasteiger partial charge >= 0.3 is 0 Å². The average molecular weight is 412 g/mol. The lowest BCUT2D eigenvalue weighted by Crippen LogP contribution is -2.42. The van der Waals surface area contributed by atoms with Gasteiger partial charge in [0, 0.05) is 25.2 Å². The average Bonchev–Trinajstić information content (AvgIpc) is 2.95. The van der Waals surface area contributed by atoms with Gasteiger partial charge in [-0.25, -0.2) is 0 Å². The number of non-ortho nitro benzene ring substituents is 1. The van der Waals surface area contributed by atoms with Crippen molar-refractivity contribution in [3.63, 3.8) is 0 Å². The highest BCUT2D eigenvalue weighted by Crippen LogP contribution is 2.26. The molecule has 1 heterocycles. The van der Waals surface area contributed by atoms with E-state index in [4.69, 9.17) is 0 Å². The summed E-state index contributed by atoms with van der Waals surface area (Å²) in [7, 11) is 0. The van der Waals surface area contributed by atoms with Crippen LogP contribution in [0.15, 0.2) is 42.5 Å². The number of carbonyl (C=O) groups excluding carboxylic acids is 4. The Morgan fingerprint density at radius 2 is 1.67 bits per heavy atom. The van der Waals surface area contributed by atoms with Crippen molar-refractivity contribution in [1.82, 2.24) is 15.5 Å². The zero-order valence-electron chi connectivity index (χ0n) is 15.5. The second-order valence-corrected chi connectivity index (χ2v) is 6.31. The lowest BCUT2D eigenvalue weighted by molar-refractivity contribution is -0.384. The molecule has 0 aromatic heterocycles. The standard InChI is InChI=1S/C19H16N4O7/c24-15-4-2-1-3-13(15)17(26)21-8-7-20-16(25)10-22-18(27)12-6-5-11(23(29)30)9-14(12)19(22)28/h1-6,9,24H,7-8,10H2,(H,20,25)(H,21,26). The van der Waals surface area contributed by atoms with Crippen molar-refractivity contribution in [2.75, 3.05) is 19.6 Å². The molecule has 1 aliphatic rings. The molecular weight excluding hydrogens is 396 g/mol. The van der Waals surface area contributed by atoms with Crippen LogP contribution in [0.3, 0.4) is 0 Å². The summed E-state index contributed by atoms with van der Waals surface area (Å²) < 4.78 is 0. The van der Waals surface area contributed by atoms with Gasteiger partial charge in [0.1, 0.15) is 12.3 Å². The lowest BCUT2D eigenvalue weighted by atomic mass is 10.1. The molecule has 3 rings (SSSR count). The molecular formula is C19H16N4O7. The largest absolute Gasteiger partial charge is 0.507 e. The molecule has 11 heteroatoms. The molecule has 154 valence electrons. The fourth-order valence-corrected chi connectivity index (χ4v) is 2.87. The zero-order valence-corrected chi connectivity index (χ0v) is 15.5. The van der Waals surface area contributed by atoms with Crippen LogP contribution in [0.4, 0.5) is 5.69 Å². The fraction of sp³-hybridized carbons (Fsp3) is 0.158. The highest BCUT2D eigenvalue weighted by molar-refractivity contribution is 6.22. The predicted octanol–water partition coefficient (Wildman–Crippen LogP) is 0.443. The summed E-state index contributed by atoms with van der Waals surface area (Å²) in [6, 6.07) is 9.27. The summed E-state index contributed by atoms with van der Waals surface area (Å²) in [5.41, 5.74) is -0.379. The second-order valence-electron chi connectivity index (χ2n) is 6.31. The van der Waals surface area contributed by atoms with Gasteiger partial charge in [0.25, 0.3) is 23.4 Å². The number of rotatable bonds is 7. The Balaban J connectivity index is 1.51. The maximum Gasteiger partial charge on any atom is 0.270 e. The summed E-state index contributed by atoms with van der Waals surface area (Å²) >= 11 is 0. The molecule has 2 aromatic carbocycles. The Kier molecular flexibility index (Phi) is 5.72. The molecule has 0 aliphatic carbocycles. The Labute approximate surface area is 169 Å². The maximum absolute atomic E-state index is 12.3. The van der Waals surface area contributed by atoms with Crippen LogP contribution in [-0.2, 0) is 4.79 Å². The van der Waals surface area contributed by atoms with Gasteiger partial charge in [-0.2, -0.15) is 0 Å². The van der Waals surface area contributed by atoms with Crippen molar-refractivity contribution in [2.24, 2.45) is 0 Å². The first-order valence-electron chi connectivity index (χ1n) is 8.77. The smallest absolute Gasteiger partial charge is 0.270 e. The van der Waals surface area contributed by atoms with E-state index in [2.05, 4.69) is 10.6 Å². The van der Waals surface area contributed by atoms with Gasteiger partial charge in [-0.15, -0.1) is 0 Å². The van der Waals surface area contributed by atoms with E-state index in [0.29, 0.717) is 4.90 Å². The monoisotopic (exact) mass is 412 g/mol. The van der Waals surface area contributed by atoms with E-state index in [1.807, 2.05) is 0 Å². The van der Waals surface area contributed by atoms with Crippen LogP contribution in [0.1, 0.15) is 31.1 Å². The highest BCUT2D eigenvalue weighted by Gasteiger charge is 2.37. The number of para-hydroxylation sites is 1. The van der Waals surface area contributed by atoms with E-state index in [9.17, 15) is 34.4 Å². The van der Waals surface area contributed by atoms with Crippen LogP contribution < -0.4 is 10.6 Å². The number of benzene rings is 2. The molecule has 0 radical (unpaired) electrons. The molecule has 1 aliphatic heterocycles. The molecule has 0 unspecified atom stereocenters.